The summed E-state index contributed by atoms with van der Waals surface area (Å²) in [4.78, 5) is 0. The molecule has 21 heavy (non-hydrogen) atoms. The molecule has 1 N–H and O–H groups in total. The molecule has 0 amide bonds. The molecule has 1 fully saturated rings. The van der Waals surface area contributed by atoms with Gasteiger partial charge in [0, 0.05) is 30.3 Å². The van der Waals surface area contributed by atoms with E-state index >= 15 is 0 Å². The summed E-state index contributed by atoms with van der Waals surface area (Å²) in [6.45, 7) is 3.74. The van der Waals surface area contributed by atoms with Gasteiger partial charge in [0.2, 0.25) is 0 Å². The normalized spacial score (nSPS) is 18.3. The Morgan fingerprint density at radius 2 is 2.05 bits per heavy atom. The average Bonchev–Trinajstić information content (AvgIpc) is 2.98. The van der Waals surface area contributed by atoms with E-state index in [0.717, 1.165) is 44.6 Å². The van der Waals surface area contributed by atoms with E-state index in [1.165, 1.54) is 0 Å². The quantitative estimate of drug-likeness (QED) is 0.558. The lowest BCUT2D eigenvalue weighted by atomic mass is 10.2. The highest BCUT2D eigenvalue weighted by molar-refractivity contribution is 6.44. The van der Waals surface area contributed by atoms with Crippen molar-refractivity contribution in [3.63, 3.8) is 0 Å². The minimum atomic E-state index is 0.294. The van der Waals surface area contributed by atoms with Crippen LogP contribution in [0.2, 0.25) is 15.1 Å². The number of hydrogen-bond donors (Lipinski definition) is 1. The van der Waals surface area contributed by atoms with Crippen LogP contribution in [0.3, 0.4) is 0 Å². The van der Waals surface area contributed by atoms with Crippen LogP contribution in [-0.4, -0.2) is 32.5 Å². The third-order valence-electron chi connectivity index (χ3n) is 3.41. The number of rotatable bonds is 8. The first kappa shape index (κ1) is 17.3. The van der Waals surface area contributed by atoms with Gasteiger partial charge in [-0.1, -0.05) is 34.8 Å². The average molecular weight is 353 g/mol. The lowest BCUT2D eigenvalue weighted by molar-refractivity contribution is 0.0166. The Morgan fingerprint density at radius 3 is 2.81 bits per heavy atom. The molecule has 1 aliphatic rings. The number of benzene rings is 1. The highest BCUT2D eigenvalue weighted by atomic mass is 35.5. The van der Waals surface area contributed by atoms with Crippen LogP contribution in [0.1, 0.15) is 24.8 Å². The molecule has 1 heterocycles. The smallest absolute Gasteiger partial charge is 0.0809 e. The largest absolute Gasteiger partial charge is 0.379 e. The molecule has 6 heteroatoms. The first-order valence-electron chi connectivity index (χ1n) is 7.21. The van der Waals surface area contributed by atoms with Crippen LogP contribution in [0.5, 0.6) is 0 Å². The van der Waals surface area contributed by atoms with E-state index in [2.05, 4.69) is 5.32 Å². The van der Waals surface area contributed by atoms with E-state index in [9.17, 15) is 0 Å². The third kappa shape index (κ3) is 5.59. The fourth-order valence-electron chi connectivity index (χ4n) is 2.23. The first-order chi connectivity index (χ1) is 10.2. The zero-order valence-corrected chi connectivity index (χ0v) is 14.1. The van der Waals surface area contributed by atoms with Gasteiger partial charge in [0.15, 0.2) is 0 Å². The van der Waals surface area contributed by atoms with Crippen LogP contribution in [0, 0.1) is 0 Å². The summed E-state index contributed by atoms with van der Waals surface area (Å²) in [7, 11) is 0. The van der Waals surface area contributed by atoms with E-state index in [-0.39, 0.29) is 0 Å². The van der Waals surface area contributed by atoms with E-state index in [1.807, 2.05) is 0 Å². The van der Waals surface area contributed by atoms with Gasteiger partial charge in [0.05, 0.1) is 22.8 Å². The van der Waals surface area contributed by atoms with E-state index in [1.54, 1.807) is 12.1 Å². The summed E-state index contributed by atoms with van der Waals surface area (Å²) in [5.74, 6) is 0. The third-order valence-corrected chi connectivity index (χ3v) is 4.61. The van der Waals surface area contributed by atoms with Crippen LogP contribution in [0.4, 0.5) is 0 Å². The molecule has 3 nitrogen and oxygen atoms in total. The van der Waals surface area contributed by atoms with Crippen molar-refractivity contribution >= 4 is 34.8 Å². The van der Waals surface area contributed by atoms with Gasteiger partial charge in [-0.3, -0.25) is 0 Å². The Labute approximate surface area is 140 Å². The minimum absolute atomic E-state index is 0.294. The highest BCUT2D eigenvalue weighted by Gasteiger charge is 2.14. The SMILES string of the molecule is Clc1ccc(Cl)c(CNCCCOCC2CCCO2)c1Cl. The van der Waals surface area contributed by atoms with Crippen LogP contribution in [0.25, 0.3) is 0 Å². The van der Waals surface area contributed by atoms with Crippen LogP contribution < -0.4 is 5.32 Å². The van der Waals surface area contributed by atoms with Crippen molar-refractivity contribution in [1.82, 2.24) is 5.32 Å². The van der Waals surface area contributed by atoms with Crippen molar-refractivity contribution in [3.05, 3.63) is 32.8 Å². The topological polar surface area (TPSA) is 30.5 Å². The molecule has 0 aromatic heterocycles. The molecule has 1 aromatic carbocycles. The molecule has 1 aliphatic heterocycles. The maximum absolute atomic E-state index is 6.14. The Morgan fingerprint density at radius 1 is 1.24 bits per heavy atom. The molecule has 0 bridgehead atoms. The van der Waals surface area contributed by atoms with Crippen molar-refractivity contribution in [2.75, 3.05) is 26.4 Å². The molecule has 0 spiro atoms. The molecule has 0 saturated carbocycles. The molecule has 118 valence electrons. The number of nitrogens with one attached hydrogen (secondary N) is 1. The van der Waals surface area contributed by atoms with Gasteiger partial charge in [0.25, 0.3) is 0 Å². The Hall–Kier alpha value is -0.0300. The second-order valence-corrected chi connectivity index (χ2v) is 6.25. The van der Waals surface area contributed by atoms with E-state index < -0.39 is 0 Å². The van der Waals surface area contributed by atoms with Crippen LogP contribution >= 0.6 is 34.8 Å². The summed E-state index contributed by atoms with van der Waals surface area (Å²) < 4.78 is 11.1. The molecule has 0 radical (unpaired) electrons. The zero-order chi connectivity index (χ0) is 15.1. The molecule has 2 rings (SSSR count). The van der Waals surface area contributed by atoms with Crippen molar-refractivity contribution in [1.29, 1.82) is 0 Å². The molecule has 1 saturated heterocycles. The predicted molar refractivity (Wildman–Crippen MR) is 87.6 cm³/mol. The van der Waals surface area contributed by atoms with Crippen molar-refractivity contribution < 1.29 is 9.47 Å². The highest BCUT2D eigenvalue weighted by Crippen LogP contribution is 2.31. The summed E-state index contributed by atoms with van der Waals surface area (Å²) in [6.07, 6.45) is 3.49. The van der Waals surface area contributed by atoms with E-state index in [0.29, 0.717) is 34.3 Å². The number of hydrogen-bond acceptors (Lipinski definition) is 3. The molecule has 1 aromatic rings. The molecular weight excluding hydrogens is 333 g/mol. The number of ether oxygens (including phenoxy) is 2. The predicted octanol–water partition coefficient (Wildman–Crippen LogP) is 4.32. The lowest BCUT2D eigenvalue weighted by Gasteiger charge is -2.11. The van der Waals surface area contributed by atoms with Gasteiger partial charge in [-0.25, -0.2) is 0 Å². The molecule has 1 unspecified atom stereocenters. The Bertz CT molecular complexity index is 451. The van der Waals surface area contributed by atoms with Crippen molar-refractivity contribution in [2.24, 2.45) is 0 Å². The maximum Gasteiger partial charge on any atom is 0.0809 e. The van der Waals surface area contributed by atoms with Gasteiger partial charge in [0.1, 0.15) is 0 Å². The van der Waals surface area contributed by atoms with E-state index in [4.69, 9.17) is 44.3 Å². The summed E-state index contributed by atoms with van der Waals surface area (Å²) in [6, 6.07) is 3.46. The summed E-state index contributed by atoms with van der Waals surface area (Å²) >= 11 is 18.2. The fraction of sp³-hybridized carbons (Fsp3) is 0.600. The molecule has 0 aliphatic carbocycles. The minimum Gasteiger partial charge on any atom is -0.379 e. The van der Waals surface area contributed by atoms with Crippen molar-refractivity contribution in [3.8, 4) is 0 Å². The molecular formula is C15H20Cl3NO2. The first-order valence-corrected chi connectivity index (χ1v) is 8.34. The molecule has 1 atom stereocenters. The summed E-state index contributed by atoms with van der Waals surface area (Å²) in [5, 5.41) is 4.98. The summed E-state index contributed by atoms with van der Waals surface area (Å²) in [5.41, 5.74) is 0.839. The van der Waals surface area contributed by atoms with Gasteiger partial charge in [-0.05, 0) is 37.9 Å². The van der Waals surface area contributed by atoms with Crippen LogP contribution in [0.15, 0.2) is 12.1 Å². The second-order valence-electron chi connectivity index (χ2n) is 5.06. The van der Waals surface area contributed by atoms with Gasteiger partial charge in [-0.2, -0.15) is 0 Å². The van der Waals surface area contributed by atoms with Crippen molar-refractivity contribution in [2.45, 2.75) is 31.9 Å². The van der Waals surface area contributed by atoms with Gasteiger partial charge in [-0.15, -0.1) is 0 Å². The van der Waals surface area contributed by atoms with Gasteiger partial charge >= 0.3 is 0 Å². The van der Waals surface area contributed by atoms with Gasteiger partial charge < -0.3 is 14.8 Å². The zero-order valence-electron chi connectivity index (χ0n) is 11.8. The Kier molecular flexibility index (Phi) is 7.58. The monoisotopic (exact) mass is 351 g/mol. The number of halogens is 3. The fourth-order valence-corrected chi connectivity index (χ4v) is 2.92. The lowest BCUT2D eigenvalue weighted by Crippen LogP contribution is -2.19. The second kappa shape index (κ2) is 9.19. The standard InChI is InChI=1S/C15H20Cl3NO2/c16-13-4-5-14(17)15(18)12(13)9-19-6-2-7-20-10-11-3-1-8-21-11/h4-5,11,19H,1-3,6-10H2. The Balaban J connectivity index is 1.58. The van der Waals surface area contributed by atoms with Crippen LogP contribution in [-0.2, 0) is 16.0 Å². The maximum atomic E-state index is 6.14.